The van der Waals surface area contributed by atoms with Crippen LogP contribution in [-0.2, 0) is 18.7 Å². The molecule has 22 heavy (non-hydrogen) atoms. The van der Waals surface area contributed by atoms with E-state index in [1.165, 1.54) is 0 Å². The molecule has 0 fully saturated rings. The normalized spacial score (nSPS) is 16.8. The summed E-state index contributed by atoms with van der Waals surface area (Å²) < 4.78 is 22.8. The molecule has 0 rings (SSSR count). The smallest absolute Gasteiger partial charge is 0.342 e. The summed E-state index contributed by atoms with van der Waals surface area (Å²) in [4.78, 5) is 59.0. The summed E-state index contributed by atoms with van der Waals surface area (Å²) >= 11 is 0. The molecule has 0 saturated heterocycles. The summed E-state index contributed by atoms with van der Waals surface area (Å²) in [5.74, 6) is -4.05. The lowest BCUT2D eigenvalue weighted by atomic mass is 9.95. The van der Waals surface area contributed by atoms with Crippen LogP contribution in [0.3, 0.4) is 0 Å². The lowest BCUT2D eigenvalue weighted by Crippen LogP contribution is -2.43. The third-order valence-electron chi connectivity index (χ3n) is 3.22. The highest BCUT2D eigenvalue weighted by Crippen LogP contribution is 2.59. The molecule has 0 bridgehead atoms. The number of aliphatic carboxylic acids is 2. The maximum atomic E-state index is 11.6. The fourth-order valence-corrected chi connectivity index (χ4v) is 4.02. The van der Waals surface area contributed by atoms with E-state index < -0.39 is 50.8 Å². The van der Waals surface area contributed by atoms with Gasteiger partial charge >= 0.3 is 27.1 Å². The number of carboxylic acids is 2. The van der Waals surface area contributed by atoms with Crippen LogP contribution in [0.15, 0.2) is 0 Å². The SMILES string of the molecule is NCCCCC(CC(C(=O)O)P(=O)(O)O)(C(=O)O)P(=O)(O)O. The van der Waals surface area contributed by atoms with Gasteiger partial charge in [0.15, 0.2) is 10.8 Å². The number of hydrogen-bond acceptors (Lipinski definition) is 5. The molecule has 130 valence electrons. The van der Waals surface area contributed by atoms with Crippen LogP contribution >= 0.6 is 15.2 Å². The first-order valence-electron chi connectivity index (χ1n) is 6.06. The van der Waals surface area contributed by atoms with Crippen molar-refractivity contribution in [3.8, 4) is 0 Å². The average Bonchev–Trinajstić information content (AvgIpc) is 2.29. The minimum atomic E-state index is -5.41. The van der Waals surface area contributed by atoms with Gasteiger partial charge in [-0.2, -0.15) is 0 Å². The maximum Gasteiger partial charge on any atom is 0.342 e. The summed E-state index contributed by atoms with van der Waals surface area (Å²) in [6.07, 6.45) is -1.89. The molecule has 0 spiro atoms. The summed E-state index contributed by atoms with van der Waals surface area (Å²) in [5, 5.41) is 15.1. The Hall–Kier alpha value is -0.800. The predicted molar refractivity (Wildman–Crippen MR) is 73.4 cm³/mol. The summed E-state index contributed by atoms with van der Waals surface area (Å²) in [6, 6.07) is 0. The number of carboxylic acid groups (broad SMARTS) is 2. The van der Waals surface area contributed by atoms with Crippen LogP contribution in [-0.4, -0.2) is 59.1 Å². The molecular weight excluding hydrogens is 344 g/mol. The van der Waals surface area contributed by atoms with Gasteiger partial charge in [-0.15, -0.1) is 0 Å². The topological polar surface area (TPSA) is 216 Å². The first-order valence-corrected chi connectivity index (χ1v) is 9.36. The average molecular weight is 363 g/mol. The van der Waals surface area contributed by atoms with Gasteiger partial charge in [0.2, 0.25) is 0 Å². The van der Waals surface area contributed by atoms with Crippen LogP contribution in [0.25, 0.3) is 0 Å². The molecular formula is C9H19NO10P2. The van der Waals surface area contributed by atoms with Crippen molar-refractivity contribution >= 4 is 27.1 Å². The van der Waals surface area contributed by atoms with Crippen LogP contribution < -0.4 is 5.73 Å². The molecule has 2 atom stereocenters. The molecule has 0 amide bonds. The molecule has 0 saturated carbocycles. The van der Waals surface area contributed by atoms with E-state index in [-0.39, 0.29) is 19.4 Å². The molecule has 0 aromatic carbocycles. The number of hydrogen-bond donors (Lipinski definition) is 7. The van der Waals surface area contributed by atoms with Gasteiger partial charge in [0.1, 0.15) is 0 Å². The van der Waals surface area contributed by atoms with Gasteiger partial charge in [-0.25, -0.2) is 0 Å². The maximum absolute atomic E-state index is 11.6. The zero-order valence-electron chi connectivity index (χ0n) is 11.4. The van der Waals surface area contributed by atoms with Gasteiger partial charge in [-0.3, -0.25) is 18.7 Å². The molecule has 0 aliphatic rings. The number of rotatable bonds is 10. The molecule has 0 aromatic heterocycles. The van der Waals surface area contributed by atoms with E-state index >= 15 is 0 Å². The van der Waals surface area contributed by atoms with Crippen molar-refractivity contribution < 1.29 is 48.5 Å². The highest BCUT2D eigenvalue weighted by Gasteiger charge is 2.57. The zero-order valence-corrected chi connectivity index (χ0v) is 13.2. The second-order valence-electron chi connectivity index (χ2n) is 4.77. The Kier molecular flexibility index (Phi) is 7.37. The Balaban J connectivity index is 5.84. The van der Waals surface area contributed by atoms with Gasteiger partial charge in [0.25, 0.3) is 0 Å². The minimum Gasteiger partial charge on any atom is -0.481 e. The van der Waals surface area contributed by atoms with E-state index in [0.717, 1.165) is 0 Å². The molecule has 8 N–H and O–H groups in total. The van der Waals surface area contributed by atoms with E-state index in [1.54, 1.807) is 0 Å². The molecule has 11 nitrogen and oxygen atoms in total. The van der Waals surface area contributed by atoms with Crippen LogP contribution in [0.2, 0.25) is 0 Å². The van der Waals surface area contributed by atoms with Crippen LogP contribution in [0, 0.1) is 0 Å². The first-order chi connectivity index (χ1) is 9.79. The monoisotopic (exact) mass is 363 g/mol. The fraction of sp³-hybridized carbons (Fsp3) is 0.778. The lowest BCUT2D eigenvalue weighted by Gasteiger charge is -2.32. The Morgan fingerprint density at radius 2 is 1.55 bits per heavy atom. The molecule has 2 unspecified atom stereocenters. The zero-order chi connectivity index (χ0) is 17.8. The van der Waals surface area contributed by atoms with E-state index in [4.69, 9.17) is 20.6 Å². The van der Waals surface area contributed by atoms with E-state index in [2.05, 4.69) is 0 Å². The van der Waals surface area contributed by atoms with Crippen LogP contribution in [0.5, 0.6) is 0 Å². The fourth-order valence-electron chi connectivity index (χ4n) is 1.92. The Morgan fingerprint density at radius 1 is 1.05 bits per heavy atom. The van der Waals surface area contributed by atoms with Crippen molar-refractivity contribution in [1.82, 2.24) is 0 Å². The quantitative estimate of drug-likeness (QED) is 0.187. The van der Waals surface area contributed by atoms with Gasteiger partial charge in [-0.1, -0.05) is 6.42 Å². The molecule has 0 radical (unpaired) electrons. The van der Waals surface area contributed by atoms with E-state index in [1.807, 2.05) is 0 Å². The van der Waals surface area contributed by atoms with E-state index in [0.29, 0.717) is 0 Å². The Morgan fingerprint density at radius 3 is 1.82 bits per heavy atom. The Bertz CT molecular complexity index is 511. The second-order valence-corrected chi connectivity index (χ2v) is 8.52. The molecule has 0 aliphatic heterocycles. The molecule has 13 heteroatoms. The second kappa shape index (κ2) is 7.65. The van der Waals surface area contributed by atoms with Crippen molar-refractivity contribution in [2.45, 2.75) is 36.5 Å². The lowest BCUT2D eigenvalue weighted by molar-refractivity contribution is -0.142. The number of carbonyl (C=O) groups is 2. The predicted octanol–water partition coefficient (Wildman–Crippen LogP) is -0.862. The van der Waals surface area contributed by atoms with E-state index in [9.17, 15) is 33.6 Å². The van der Waals surface area contributed by atoms with Crippen molar-refractivity contribution in [3.05, 3.63) is 0 Å². The highest BCUT2D eigenvalue weighted by molar-refractivity contribution is 7.55. The molecule has 0 aromatic rings. The third-order valence-corrected chi connectivity index (χ3v) is 6.15. The highest BCUT2D eigenvalue weighted by atomic mass is 31.2. The Labute approximate surface area is 125 Å². The van der Waals surface area contributed by atoms with Crippen molar-refractivity contribution in [3.63, 3.8) is 0 Å². The number of nitrogens with two attached hydrogens (primary N) is 1. The number of unbranched alkanes of at least 4 members (excludes halogenated alkanes) is 1. The third kappa shape index (κ3) is 5.13. The molecule has 0 aliphatic carbocycles. The summed E-state index contributed by atoms with van der Waals surface area (Å²) in [5.41, 5.74) is 2.67. The molecule has 0 heterocycles. The first kappa shape index (κ1) is 21.2. The largest absolute Gasteiger partial charge is 0.481 e. The van der Waals surface area contributed by atoms with Crippen molar-refractivity contribution in [1.29, 1.82) is 0 Å². The van der Waals surface area contributed by atoms with Gasteiger partial charge in [-0.05, 0) is 25.8 Å². The standard InChI is InChI=1S/C9H19NO10P2/c10-4-2-1-3-9(8(13)14,22(18,19)20)5-6(7(11)12)21(15,16)17/h6H,1-5,10H2,(H,11,12)(H,13,14)(H2,15,16,17)(H2,18,19,20). The minimum absolute atomic E-state index is 0.0542. The summed E-state index contributed by atoms with van der Waals surface area (Å²) in [7, 11) is -10.7. The van der Waals surface area contributed by atoms with Crippen molar-refractivity contribution in [2.75, 3.05) is 6.54 Å². The van der Waals surface area contributed by atoms with Gasteiger partial charge < -0.3 is 35.5 Å². The van der Waals surface area contributed by atoms with Gasteiger partial charge in [0, 0.05) is 0 Å². The van der Waals surface area contributed by atoms with Gasteiger partial charge in [0.05, 0.1) is 0 Å². The van der Waals surface area contributed by atoms with Crippen molar-refractivity contribution in [2.24, 2.45) is 5.73 Å². The van der Waals surface area contributed by atoms with Crippen LogP contribution in [0.4, 0.5) is 0 Å². The summed E-state index contributed by atoms with van der Waals surface area (Å²) in [6.45, 7) is 0.109. The van der Waals surface area contributed by atoms with Crippen LogP contribution in [0.1, 0.15) is 25.7 Å².